The molecule has 0 aliphatic heterocycles. The third-order valence-electron chi connectivity index (χ3n) is 11.7. The molecule has 4 aliphatic rings. The smallest absolute Gasteiger partial charge is 0.268 e. The second-order valence-electron chi connectivity index (χ2n) is 17.0. The van der Waals surface area contributed by atoms with Crippen LogP contribution in [-0.4, -0.2) is 46.2 Å². The number of fused-ring (bicyclic) bond motifs is 1. The molecule has 9 heteroatoms. The maximum Gasteiger partial charge on any atom is 0.268 e. The molecule has 8 rings (SSSR count). The first-order valence-corrected chi connectivity index (χ1v) is 19.5. The largest absolute Gasteiger partial charge is 0.361 e. The fraction of sp³-hybridized carbons (Fsp3) is 0.422. The summed E-state index contributed by atoms with van der Waals surface area (Å²) in [5.41, 5.74) is 3.74. The van der Waals surface area contributed by atoms with Crippen molar-refractivity contribution in [1.29, 1.82) is 0 Å². The van der Waals surface area contributed by atoms with Gasteiger partial charge in [-0.25, -0.2) is 0 Å². The van der Waals surface area contributed by atoms with Crippen LogP contribution in [0.25, 0.3) is 28.1 Å². The number of H-pyrrole nitrogens is 1. The summed E-state index contributed by atoms with van der Waals surface area (Å²) >= 11 is 0. The molecule has 9 nitrogen and oxygen atoms in total. The molecule has 1 unspecified atom stereocenters. The Balaban J connectivity index is 1.10. The minimum Gasteiger partial charge on any atom is -0.361 e. The zero-order valence-corrected chi connectivity index (χ0v) is 31.8. The molecular weight excluding hydrogens is 675 g/mol. The average Bonchev–Trinajstić information content (AvgIpc) is 3.55. The molecule has 282 valence electrons. The monoisotopic (exact) mass is 727 g/mol. The van der Waals surface area contributed by atoms with Gasteiger partial charge in [0.15, 0.2) is 0 Å². The summed E-state index contributed by atoms with van der Waals surface area (Å²) in [7, 11) is 0. The van der Waals surface area contributed by atoms with Crippen molar-refractivity contribution >= 4 is 40.6 Å². The Kier molecular flexibility index (Phi) is 10.5. The second kappa shape index (κ2) is 15.3. The molecule has 4 aliphatic carbocycles. The van der Waals surface area contributed by atoms with E-state index in [1.54, 1.807) is 26.8 Å². The van der Waals surface area contributed by atoms with Gasteiger partial charge < -0.3 is 26.3 Å². The van der Waals surface area contributed by atoms with Crippen LogP contribution in [0.4, 0.5) is 0 Å². The van der Waals surface area contributed by atoms with Gasteiger partial charge in [0, 0.05) is 34.5 Å². The number of hydrogen-bond donors (Lipinski definition) is 5. The average molecular weight is 728 g/mol. The number of para-hydroxylation sites is 1. The Labute approximate surface area is 318 Å². The molecule has 4 aromatic rings. The van der Waals surface area contributed by atoms with Crippen LogP contribution < -0.4 is 21.3 Å². The van der Waals surface area contributed by atoms with Gasteiger partial charge in [-0.2, -0.15) is 0 Å². The lowest BCUT2D eigenvalue weighted by molar-refractivity contribution is -0.134. The van der Waals surface area contributed by atoms with E-state index in [2.05, 4.69) is 26.3 Å². The van der Waals surface area contributed by atoms with Crippen LogP contribution in [0.2, 0.25) is 0 Å². The van der Waals surface area contributed by atoms with Crippen molar-refractivity contribution in [2.45, 2.75) is 96.7 Å². The van der Waals surface area contributed by atoms with Crippen molar-refractivity contribution in [2.24, 2.45) is 23.2 Å². The molecule has 0 saturated heterocycles. The number of hydrogen-bond acceptors (Lipinski definition) is 4. The molecule has 2 atom stereocenters. The van der Waals surface area contributed by atoms with E-state index >= 15 is 0 Å². The number of rotatable bonds is 12. The van der Waals surface area contributed by atoms with Gasteiger partial charge in [0.2, 0.25) is 17.7 Å². The quantitative estimate of drug-likeness (QED) is 0.100. The zero-order chi connectivity index (χ0) is 38.0. The van der Waals surface area contributed by atoms with Gasteiger partial charge in [-0.15, -0.1) is 0 Å². The fourth-order valence-electron chi connectivity index (χ4n) is 9.24. The number of aromatic nitrogens is 1. The van der Waals surface area contributed by atoms with Gasteiger partial charge >= 0.3 is 0 Å². The fourth-order valence-corrected chi connectivity index (χ4v) is 9.24. The molecule has 1 aromatic heterocycles. The molecule has 0 spiro atoms. The van der Waals surface area contributed by atoms with E-state index < -0.39 is 29.3 Å². The Bertz CT molecular complexity index is 2010. The molecule has 4 saturated carbocycles. The molecule has 4 bridgehead atoms. The normalized spacial score (nSPS) is 23.0. The number of nitrogens with one attached hydrogen (secondary N) is 5. The Morgan fingerprint density at radius 2 is 1.39 bits per heavy atom. The lowest BCUT2D eigenvalue weighted by atomic mass is 9.53. The molecule has 4 fully saturated rings. The van der Waals surface area contributed by atoms with Crippen LogP contribution in [0.15, 0.2) is 90.8 Å². The third kappa shape index (κ3) is 8.30. The summed E-state index contributed by atoms with van der Waals surface area (Å²) in [6.07, 6.45) is 10.9. The van der Waals surface area contributed by atoms with Gasteiger partial charge in [-0.05, 0) is 97.1 Å². The zero-order valence-electron chi connectivity index (χ0n) is 31.8. The molecule has 54 heavy (non-hydrogen) atoms. The van der Waals surface area contributed by atoms with E-state index in [0.29, 0.717) is 29.7 Å². The van der Waals surface area contributed by atoms with Gasteiger partial charge in [0.25, 0.3) is 5.91 Å². The third-order valence-corrected chi connectivity index (χ3v) is 11.7. The molecule has 5 N–H and O–H groups in total. The Morgan fingerprint density at radius 3 is 2.02 bits per heavy atom. The maximum atomic E-state index is 14.3. The van der Waals surface area contributed by atoms with Crippen molar-refractivity contribution in [2.75, 3.05) is 0 Å². The first-order chi connectivity index (χ1) is 25.9. The van der Waals surface area contributed by atoms with Crippen LogP contribution in [-0.2, 0) is 25.6 Å². The highest BCUT2D eigenvalue weighted by Crippen LogP contribution is 2.55. The van der Waals surface area contributed by atoms with E-state index in [9.17, 15) is 19.2 Å². The predicted molar refractivity (Wildman–Crippen MR) is 213 cm³/mol. The summed E-state index contributed by atoms with van der Waals surface area (Å²) in [5.74, 6) is 0.399. The van der Waals surface area contributed by atoms with Gasteiger partial charge in [0.05, 0.1) is 0 Å². The van der Waals surface area contributed by atoms with Crippen molar-refractivity contribution in [3.05, 3.63) is 102 Å². The Morgan fingerprint density at radius 1 is 0.778 bits per heavy atom. The lowest BCUT2D eigenvalue weighted by Gasteiger charge is -2.57. The topological polar surface area (TPSA) is 132 Å². The summed E-state index contributed by atoms with van der Waals surface area (Å²) < 4.78 is 0. The molecule has 1 heterocycles. The SMILES string of the molecule is CCC(NC(=O)/C(=C/c1ccc(-c2ccccc2)cc1)NC(=O)C(C)(C)C)C(=O)N[C@@H](Cc1c[nH]c2ccccc12)C(=O)NC12CC3CC(CC(C3)C1)C2. The summed E-state index contributed by atoms with van der Waals surface area (Å²) in [6, 6.07) is 23.8. The van der Waals surface area contributed by atoms with Crippen molar-refractivity contribution < 1.29 is 19.2 Å². The lowest BCUT2D eigenvalue weighted by Crippen LogP contribution is -2.63. The van der Waals surface area contributed by atoms with Crippen molar-refractivity contribution in [1.82, 2.24) is 26.3 Å². The predicted octanol–water partition coefficient (Wildman–Crippen LogP) is 7.05. The summed E-state index contributed by atoms with van der Waals surface area (Å²) in [5, 5.41) is 13.2. The van der Waals surface area contributed by atoms with Crippen LogP contribution >= 0.6 is 0 Å². The Hall–Kier alpha value is -5.18. The first kappa shape index (κ1) is 37.1. The summed E-state index contributed by atoms with van der Waals surface area (Å²) in [6.45, 7) is 7.14. The number of carbonyl (C=O) groups excluding carboxylic acids is 4. The van der Waals surface area contributed by atoms with E-state index in [4.69, 9.17) is 0 Å². The van der Waals surface area contributed by atoms with E-state index in [0.717, 1.165) is 46.9 Å². The van der Waals surface area contributed by atoms with E-state index in [1.807, 2.05) is 92.0 Å². The minimum atomic E-state index is -0.953. The molecule has 4 amide bonds. The van der Waals surface area contributed by atoms with Gasteiger partial charge in [-0.3, -0.25) is 19.2 Å². The molecule has 0 radical (unpaired) electrons. The van der Waals surface area contributed by atoms with Crippen LogP contribution in [0.1, 0.15) is 83.8 Å². The molecular formula is C45H53N5O4. The van der Waals surface area contributed by atoms with Crippen LogP contribution in [0, 0.1) is 23.2 Å². The van der Waals surface area contributed by atoms with Crippen LogP contribution in [0.5, 0.6) is 0 Å². The first-order valence-electron chi connectivity index (χ1n) is 19.5. The van der Waals surface area contributed by atoms with Gasteiger partial charge in [-0.1, -0.05) is 100 Å². The van der Waals surface area contributed by atoms with Crippen molar-refractivity contribution in [3.8, 4) is 11.1 Å². The highest BCUT2D eigenvalue weighted by Gasteiger charge is 2.52. The highest BCUT2D eigenvalue weighted by molar-refractivity contribution is 6.04. The number of amides is 4. The number of aromatic amines is 1. The van der Waals surface area contributed by atoms with Gasteiger partial charge in [0.1, 0.15) is 17.8 Å². The van der Waals surface area contributed by atoms with Crippen LogP contribution in [0.3, 0.4) is 0 Å². The minimum absolute atomic E-state index is 0.0311. The maximum absolute atomic E-state index is 14.3. The number of carbonyl (C=O) groups is 4. The summed E-state index contributed by atoms with van der Waals surface area (Å²) in [4.78, 5) is 58.8. The number of benzene rings is 3. The van der Waals surface area contributed by atoms with Crippen molar-refractivity contribution in [3.63, 3.8) is 0 Å². The second-order valence-corrected chi connectivity index (χ2v) is 17.0. The van der Waals surface area contributed by atoms with E-state index in [-0.39, 0.29) is 29.5 Å². The van der Waals surface area contributed by atoms with E-state index in [1.165, 1.54) is 19.3 Å². The standard InChI is InChI=1S/C45H53N5O4/c1-5-36(47-41(52)38(49-43(54)44(2,3)4)22-28-15-17-33(18-16-28)32-11-7-6-8-12-32)40(51)48-39(23-34-27-46-37-14-10-9-13-35(34)37)42(53)50-45-24-29-19-30(25-45)21-31(20-29)26-45/h6-18,22,27,29-31,36,39,46H,5,19-21,23-26H2,1-4H3,(H,47,52)(H,48,51)(H,49,54)(H,50,53)/b38-22-/t29?,30?,31?,36?,39-,45?/m0/s1. The molecule has 3 aromatic carbocycles. The highest BCUT2D eigenvalue weighted by atomic mass is 16.2.